The first kappa shape index (κ1) is 11.2. The summed E-state index contributed by atoms with van der Waals surface area (Å²) in [6.45, 7) is 1.85. The van der Waals surface area contributed by atoms with Gasteiger partial charge in [0, 0.05) is 17.7 Å². The third kappa shape index (κ3) is 2.13. The molecule has 0 saturated carbocycles. The molecule has 1 aromatic carbocycles. The Labute approximate surface area is 98.5 Å². The van der Waals surface area contributed by atoms with Gasteiger partial charge in [0.1, 0.15) is 5.75 Å². The molecule has 0 aliphatic rings. The van der Waals surface area contributed by atoms with E-state index in [4.69, 9.17) is 9.84 Å². The van der Waals surface area contributed by atoms with Crippen LogP contribution in [0.15, 0.2) is 36.7 Å². The average molecular weight is 233 g/mol. The summed E-state index contributed by atoms with van der Waals surface area (Å²) in [5.74, 6) is 0.736. The highest BCUT2D eigenvalue weighted by atomic mass is 16.5. The lowest BCUT2D eigenvalue weighted by Gasteiger charge is -1.99. The molecule has 0 saturated heterocycles. The molecule has 1 N–H and O–H groups in total. The minimum absolute atomic E-state index is 0.736. The Morgan fingerprint density at radius 3 is 2.53 bits per heavy atom. The second-order valence-electron chi connectivity index (χ2n) is 3.67. The predicted octanol–water partition coefficient (Wildman–Crippen LogP) is 1.61. The molecule has 5 nitrogen and oxygen atoms in total. The number of aryl methyl sites for hydroxylation is 1. The molecule has 88 valence electrons. The Bertz CT molecular complexity index is 543. The first-order valence-corrected chi connectivity index (χ1v) is 5.10. The maximum atomic E-state index is 11.0. The molecule has 0 spiro atoms. The van der Waals surface area contributed by atoms with E-state index in [1.165, 1.54) is 0 Å². The molecular weight excluding hydrogens is 220 g/mol. The van der Waals surface area contributed by atoms with Crippen molar-refractivity contribution in [3.8, 4) is 11.4 Å². The standard InChI is InChI=1S/C12H12N2O3/c1-9-7-13(14(8-9)12(15)16)10-3-5-11(17-2)6-4-10/h3-8H,1-2H3/p+1. The van der Waals surface area contributed by atoms with Gasteiger partial charge >= 0.3 is 6.09 Å². The Kier molecular flexibility index (Phi) is 2.82. The van der Waals surface area contributed by atoms with Crippen LogP contribution in [0, 0.1) is 6.92 Å². The van der Waals surface area contributed by atoms with Crippen molar-refractivity contribution in [2.75, 3.05) is 7.11 Å². The molecule has 0 fully saturated rings. The summed E-state index contributed by atoms with van der Waals surface area (Å²) in [4.78, 5) is 11.0. The summed E-state index contributed by atoms with van der Waals surface area (Å²) in [7, 11) is 1.59. The van der Waals surface area contributed by atoms with Gasteiger partial charge in [-0.1, -0.05) is 4.68 Å². The fourth-order valence-corrected chi connectivity index (χ4v) is 1.62. The van der Waals surface area contributed by atoms with Gasteiger partial charge in [-0.2, -0.15) is 0 Å². The summed E-state index contributed by atoms with van der Waals surface area (Å²) < 4.78 is 7.76. The average Bonchev–Trinajstić information content (AvgIpc) is 2.72. The monoisotopic (exact) mass is 233 g/mol. The van der Waals surface area contributed by atoms with E-state index in [0.717, 1.165) is 21.7 Å². The molecule has 0 aliphatic carbocycles. The first-order chi connectivity index (χ1) is 8.11. The maximum Gasteiger partial charge on any atom is 0.465 e. The number of benzene rings is 1. The molecular formula is C12H13N2O3+. The SMILES string of the molecule is COc1ccc(-[n+]2cc(C)cn2C(=O)O)cc1. The lowest BCUT2D eigenvalue weighted by Crippen LogP contribution is -2.42. The first-order valence-electron chi connectivity index (χ1n) is 5.10. The zero-order valence-electron chi connectivity index (χ0n) is 9.62. The van der Waals surface area contributed by atoms with Gasteiger partial charge in [-0.05, 0) is 23.7 Å². The molecule has 0 bridgehead atoms. The zero-order valence-corrected chi connectivity index (χ0v) is 9.62. The van der Waals surface area contributed by atoms with E-state index in [-0.39, 0.29) is 0 Å². The van der Waals surface area contributed by atoms with Crippen LogP contribution in [0.5, 0.6) is 5.75 Å². The number of methoxy groups -OCH3 is 1. The van der Waals surface area contributed by atoms with E-state index in [1.54, 1.807) is 48.5 Å². The summed E-state index contributed by atoms with van der Waals surface area (Å²) in [5.41, 5.74) is 1.64. The summed E-state index contributed by atoms with van der Waals surface area (Å²) >= 11 is 0. The van der Waals surface area contributed by atoms with Crippen LogP contribution in [0.1, 0.15) is 5.56 Å². The van der Waals surface area contributed by atoms with Crippen molar-refractivity contribution in [1.29, 1.82) is 0 Å². The lowest BCUT2D eigenvalue weighted by molar-refractivity contribution is -0.673. The highest BCUT2D eigenvalue weighted by Gasteiger charge is 2.19. The number of hydrogen-bond acceptors (Lipinski definition) is 2. The van der Waals surface area contributed by atoms with Crippen molar-refractivity contribution in [1.82, 2.24) is 4.68 Å². The number of ether oxygens (including phenoxy) is 1. The van der Waals surface area contributed by atoms with Crippen LogP contribution >= 0.6 is 0 Å². The van der Waals surface area contributed by atoms with E-state index in [9.17, 15) is 4.79 Å². The topological polar surface area (TPSA) is 55.3 Å². The van der Waals surface area contributed by atoms with Crippen molar-refractivity contribution in [2.24, 2.45) is 0 Å². The number of hydrogen-bond donors (Lipinski definition) is 1. The van der Waals surface area contributed by atoms with Gasteiger partial charge in [-0.25, -0.2) is 4.79 Å². The van der Waals surface area contributed by atoms with Crippen LogP contribution in [0.25, 0.3) is 5.69 Å². The molecule has 2 aromatic rings. The summed E-state index contributed by atoms with van der Waals surface area (Å²) in [6.07, 6.45) is 2.30. The van der Waals surface area contributed by atoms with Crippen LogP contribution < -0.4 is 9.42 Å². The Morgan fingerprint density at radius 1 is 1.35 bits per heavy atom. The van der Waals surface area contributed by atoms with Gasteiger partial charge in [-0.15, -0.1) is 0 Å². The normalized spacial score (nSPS) is 10.2. The van der Waals surface area contributed by atoms with E-state index in [0.29, 0.717) is 0 Å². The molecule has 1 aromatic heterocycles. The van der Waals surface area contributed by atoms with Crippen molar-refractivity contribution in [3.05, 3.63) is 42.2 Å². The van der Waals surface area contributed by atoms with E-state index >= 15 is 0 Å². The van der Waals surface area contributed by atoms with E-state index in [2.05, 4.69) is 0 Å². The third-order valence-corrected chi connectivity index (χ3v) is 2.42. The smallest absolute Gasteiger partial charge is 0.465 e. The maximum absolute atomic E-state index is 11.0. The largest absolute Gasteiger partial charge is 0.497 e. The van der Waals surface area contributed by atoms with E-state index < -0.39 is 6.09 Å². The number of carboxylic acid groups (broad SMARTS) is 1. The molecule has 0 aliphatic heterocycles. The lowest BCUT2D eigenvalue weighted by atomic mass is 10.3. The number of nitrogens with zero attached hydrogens (tertiary/aromatic N) is 2. The molecule has 0 unspecified atom stereocenters. The fraction of sp³-hybridized carbons (Fsp3) is 0.167. The fourth-order valence-electron chi connectivity index (χ4n) is 1.62. The van der Waals surface area contributed by atoms with Crippen molar-refractivity contribution in [2.45, 2.75) is 6.92 Å². The van der Waals surface area contributed by atoms with Gasteiger partial charge in [0.25, 0.3) is 0 Å². The van der Waals surface area contributed by atoms with Gasteiger partial charge in [0.05, 0.1) is 13.3 Å². The number of carbonyl (C=O) groups is 1. The molecule has 1 heterocycles. The summed E-state index contributed by atoms with van der Waals surface area (Å²) in [5, 5.41) is 9.06. The van der Waals surface area contributed by atoms with Gasteiger partial charge in [0.2, 0.25) is 11.9 Å². The summed E-state index contributed by atoms with van der Waals surface area (Å²) in [6, 6.07) is 7.18. The molecule has 0 atom stereocenters. The van der Waals surface area contributed by atoms with Crippen LogP contribution in [0.4, 0.5) is 4.79 Å². The Balaban J connectivity index is 2.48. The minimum Gasteiger partial charge on any atom is -0.497 e. The van der Waals surface area contributed by atoms with Crippen LogP contribution in [0.2, 0.25) is 0 Å². The minimum atomic E-state index is -1.02. The van der Waals surface area contributed by atoms with Crippen LogP contribution in [-0.2, 0) is 0 Å². The molecule has 17 heavy (non-hydrogen) atoms. The molecule has 0 amide bonds. The van der Waals surface area contributed by atoms with E-state index in [1.807, 2.05) is 6.92 Å². The number of rotatable bonds is 2. The van der Waals surface area contributed by atoms with Gasteiger partial charge in [0.15, 0.2) is 0 Å². The predicted molar refractivity (Wildman–Crippen MR) is 60.7 cm³/mol. The van der Waals surface area contributed by atoms with Crippen molar-refractivity contribution < 1.29 is 19.3 Å². The van der Waals surface area contributed by atoms with Crippen LogP contribution in [-0.4, -0.2) is 23.0 Å². The second-order valence-corrected chi connectivity index (χ2v) is 3.67. The van der Waals surface area contributed by atoms with Gasteiger partial charge < -0.3 is 9.84 Å². The Hall–Kier alpha value is -2.30. The molecule has 2 rings (SSSR count). The highest BCUT2D eigenvalue weighted by Crippen LogP contribution is 2.11. The van der Waals surface area contributed by atoms with Crippen molar-refractivity contribution in [3.63, 3.8) is 0 Å². The highest BCUT2D eigenvalue weighted by molar-refractivity contribution is 5.65. The quantitative estimate of drug-likeness (QED) is 0.802. The second kappa shape index (κ2) is 4.29. The Morgan fingerprint density at radius 2 is 2.00 bits per heavy atom. The van der Waals surface area contributed by atoms with Crippen LogP contribution in [0.3, 0.4) is 0 Å². The third-order valence-electron chi connectivity index (χ3n) is 2.42. The molecule has 5 heteroatoms. The number of aromatic nitrogens is 2. The van der Waals surface area contributed by atoms with Gasteiger partial charge in [-0.3, -0.25) is 0 Å². The molecule has 0 radical (unpaired) electrons. The van der Waals surface area contributed by atoms with Crippen molar-refractivity contribution >= 4 is 6.09 Å². The zero-order chi connectivity index (χ0) is 12.4.